The first kappa shape index (κ1) is 22.2. The van der Waals surface area contributed by atoms with Crippen LogP contribution in [0.25, 0.3) is 0 Å². The van der Waals surface area contributed by atoms with Crippen LogP contribution in [0, 0.1) is 11.8 Å². The molecular weight excluding hydrogens is 489 g/mol. The molecule has 3 aromatic rings. The fraction of sp³-hybridized carbons (Fsp3) is 0.185. The van der Waals surface area contributed by atoms with Crippen LogP contribution in [0.4, 0.5) is 0 Å². The second kappa shape index (κ2) is 7.85. The molecule has 3 aliphatic rings. The highest BCUT2D eigenvalue weighted by Gasteiger charge is 2.74. The number of benzene rings is 3. The number of nitrogens with zero attached hydrogens (tertiary/aromatic N) is 1. The summed E-state index contributed by atoms with van der Waals surface area (Å²) in [5.41, 5.74) is -0.428. The van der Waals surface area contributed by atoms with E-state index in [9.17, 15) is 19.2 Å². The first-order valence-corrected chi connectivity index (χ1v) is 11.8. The molecule has 6 nitrogen and oxygen atoms in total. The average molecular weight is 506 g/mol. The number of ether oxygens (including phenoxy) is 1. The van der Waals surface area contributed by atoms with Crippen molar-refractivity contribution in [3.63, 3.8) is 0 Å². The molecule has 2 amide bonds. The van der Waals surface area contributed by atoms with Gasteiger partial charge in [-0.3, -0.25) is 24.1 Å². The molecule has 3 atom stereocenters. The summed E-state index contributed by atoms with van der Waals surface area (Å²) in [4.78, 5) is 56.0. The third kappa shape index (κ3) is 3.07. The number of hydrogen-bond donors (Lipinski definition) is 0. The van der Waals surface area contributed by atoms with Gasteiger partial charge in [-0.25, -0.2) is 0 Å². The maximum Gasteiger partial charge on any atom is 0.237 e. The monoisotopic (exact) mass is 505 g/mol. The average Bonchev–Trinajstić information content (AvgIpc) is 3.42. The summed E-state index contributed by atoms with van der Waals surface area (Å²) in [6, 6.07) is 19.8. The number of halogens is 2. The Balaban J connectivity index is 1.48. The van der Waals surface area contributed by atoms with Crippen molar-refractivity contribution in [1.29, 1.82) is 0 Å². The van der Waals surface area contributed by atoms with E-state index in [2.05, 4.69) is 0 Å². The summed E-state index contributed by atoms with van der Waals surface area (Å²) in [7, 11) is 0. The largest absolute Gasteiger partial charge is 0.349 e. The zero-order valence-corrected chi connectivity index (χ0v) is 19.6. The molecule has 2 fully saturated rings. The number of carbonyl (C=O) groups excluding carboxylic acids is 4. The number of fused-ring (bicyclic) bond motifs is 3. The molecule has 1 aliphatic carbocycles. The fourth-order valence-corrected chi connectivity index (χ4v) is 5.71. The molecule has 8 heteroatoms. The van der Waals surface area contributed by atoms with Crippen molar-refractivity contribution in [2.24, 2.45) is 11.8 Å². The molecule has 0 radical (unpaired) electrons. The van der Waals surface area contributed by atoms with Crippen LogP contribution in [-0.2, 0) is 20.9 Å². The van der Waals surface area contributed by atoms with E-state index in [-0.39, 0.29) is 17.7 Å². The van der Waals surface area contributed by atoms with E-state index in [1.807, 2.05) is 0 Å². The van der Waals surface area contributed by atoms with Crippen LogP contribution >= 0.6 is 23.2 Å². The van der Waals surface area contributed by atoms with Gasteiger partial charge in [0.25, 0.3) is 0 Å². The maximum atomic E-state index is 13.8. The molecule has 2 saturated heterocycles. The van der Waals surface area contributed by atoms with Crippen molar-refractivity contribution in [2.75, 3.05) is 0 Å². The van der Waals surface area contributed by atoms with Gasteiger partial charge in [0.05, 0.1) is 24.5 Å². The Morgan fingerprint density at radius 1 is 0.743 bits per heavy atom. The minimum Gasteiger partial charge on any atom is -0.349 e. The number of likely N-dealkylation sites (tertiary alicyclic amines) is 1. The van der Waals surface area contributed by atoms with E-state index in [4.69, 9.17) is 27.9 Å². The number of carbonyl (C=O) groups is 4. The van der Waals surface area contributed by atoms with Gasteiger partial charge >= 0.3 is 0 Å². The summed E-state index contributed by atoms with van der Waals surface area (Å²) in [6.07, 6.45) is -0.967. The zero-order chi connectivity index (χ0) is 24.5. The van der Waals surface area contributed by atoms with Gasteiger partial charge in [-0.15, -0.1) is 0 Å². The van der Waals surface area contributed by atoms with Gasteiger partial charge < -0.3 is 4.74 Å². The molecule has 174 valence electrons. The van der Waals surface area contributed by atoms with Gasteiger partial charge in [-0.2, -0.15) is 0 Å². The van der Waals surface area contributed by atoms with Crippen molar-refractivity contribution >= 4 is 46.6 Å². The van der Waals surface area contributed by atoms with Crippen LogP contribution in [0.15, 0.2) is 72.8 Å². The van der Waals surface area contributed by atoms with Crippen molar-refractivity contribution in [1.82, 2.24) is 4.90 Å². The Morgan fingerprint density at radius 3 is 1.86 bits per heavy atom. The highest BCUT2D eigenvalue weighted by atomic mass is 35.5. The molecule has 35 heavy (non-hydrogen) atoms. The lowest BCUT2D eigenvalue weighted by Gasteiger charge is -2.27. The molecule has 6 rings (SSSR count). The Kier molecular flexibility index (Phi) is 4.97. The first-order chi connectivity index (χ1) is 16.8. The van der Waals surface area contributed by atoms with E-state index >= 15 is 0 Å². The van der Waals surface area contributed by atoms with E-state index in [1.54, 1.807) is 72.8 Å². The van der Waals surface area contributed by atoms with Crippen LogP contribution in [0.3, 0.4) is 0 Å². The third-order valence-corrected chi connectivity index (χ3v) is 7.57. The number of ketones is 2. The lowest BCUT2D eigenvalue weighted by atomic mass is 9.77. The molecule has 0 unspecified atom stereocenters. The van der Waals surface area contributed by atoms with E-state index in [0.717, 1.165) is 4.90 Å². The van der Waals surface area contributed by atoms with Crippen molar-refractivity contribution in [3.05, 3.63) is 105 Å². The highest BCUT2D eigenvalue weighted by molar-refractivity contribution is 6.35. The van der Waals surface area contributed by atoms with Crippen molar-refractivity contribution in [2.45, 2.75) is 18.2 Å². The number of rotatable bonds is 3. The van der Waals surface area contributed by atoms with Crippen LogP contribution in [0.5, 0.6) is 0 Å². The van der Waals surface area contributed by atoms with Gasteiger partial charge in [0.1, 0.15) is 0 Å². The molecule has 0 aromatic heterocycles. The molecule has 0 bridgehead atoms. The number of imide groups is 1. The predicted molar refractivity (Wildman–Crippen MR) is 127 cm³/mol. The Hall–Kier alpha value is -3.32. The van der Waals surface area contributed by atoms with E-state index in [1.165, 1.54) is 0 Å². The first-order valence-electron chi connectivity index (χ1n) is 11.0. The van der Waals surface area contributed by atoms with E-state index in [0.29, 0.717) is 21.2 Å². The lowest BCUT2D eigenvalue weighted by Crippen LogP contribution is -2.50. The smallest absolute Gasteiger partial charge is 0.237 e. The van der Waals surface area contributed by atoms with Gasteiger partial charge in [-0.05, 0) is 35.4 Å². The van der Waals surface area contributed by atoms with Crippen molar-refractivity contribution < 1.29 is 23.9 Å². The molecule has 2 aliphatic heterocycles. The standard InChI is InChI=1S/C27H17Cl2NO5/c28-16-9-5-14(6-10-16)13-30-25(33)20-21(26(30)34)27(35-22(20)15-7-11-17(29)12-8-15)23(31)18-3-1-2-4-19(18)24(27)32/h1-12,20-22H,13H2/t20-,21-,22-/m0/s1. The summed E-state index contributed by atoms with van der Waals surface area (Å²) in [5.74, 6) is -4.55. The third-order valence-electron chi connectivity index (χ3n) is 7.06. The van der Waals surface area contributed by atoms with Gasteiger partial charge in [-0.1, -0.05) is 71.7 Å². The van der Waals surface area contributed by atoms with Crippen LogP contribution in [0.1, 0.15) is 37.9 Å². The summed E-state index contributed by atoms with van der Waals surface area (Å²) in [5, 5.41) is 1.01. The second-order valence-electron chi connectivity index (χ2n) is 8.92. The highest BCUT2D eigenvalue weighted by Crippen LogP contribution is 2.57. The normalized spacial score (nSPS) is 24.4. The van der Waals surface area contributed by atoms with E-state index < -0.39 is 46.9 Å². The Morgan fingerprint density at radius 2 is 1.29 bits per heavy atom. The minimum absolute atomic E-state index is 0.000578. The summed E-state index contributed by atoms with van der Waals surface area (Å²) in [6.45, 7) is 0.000578. The fourth-order valence-electron chi connectivity index (χ4n) is 5.46. The molecule has 1 spiro atoms. The van der Waals surface area contributed by atoms with Crippen molar-refractivity contribution in [3.8, 4) is 0 Å². The molecule has 2 heterocycles. The Bertz CT molecular complexity index is 1380. The van der Waals surface area contributed by atoms with Gasteiger partial charge in [0.15, 0.2) is 0 Å². The topological polar surface area (TPSA) is 80.8 Å². The Labute approximate surface area is 210 Å². The predicted octanol–water partition coefficient (Wildman–Crippen LogP) is 4.68. The molecule has 0 saturated carbocycles. The number of hydrogen-bond acceptors (Lipinski definition) is 5. The van der Waals surface area contributed by atoms with Crippen LogP contribution in [0.2, 0.25) is 10.0 Å². The number of Topliss-reactive ketones (excluding diaryl/α,β-unsaturated/α-hetero) is 2. The van der Waals surface area contributed by atoms with Gasteiger partial charge in [0.2, 0.25) is 29.0 Å². The molecule has 3 aromatic carbocycles. The number of amides is 2. The summed E-state index contributed by atoms with van der Waals surface area (Å²) < 4.78 is 6.24. The lowest BCUT2D eigenvalue weighted by molar-refractivity contribution is -0.145. The van der Waals surface area contributed by atoms with Crippen LogP contribution in [-0.4, -0.2) is 33.9 Å². The summed E-state index contributed by atoms with van der Waals surface area (Å²) >= 11 is 12.0. The second-order valence-corrected chi connectivity index (χ2v) is 9.79. The van der Waals surface area contributed by atoms with Gasteiger partial charge in [0, 0.05) is 21.2 Å². The quantitative estimate of drug-likeness (QED) is 0.381. The minimum atomic E-state index is -2.08. The molecule has 0 N–H and O–H groups in total. The molecular formula is C27H17Cl2NO5. The zero-order valence-electron chi connectivity index (χ0n) is 18.1. The van der Waals surface area contributed by atoms with Crippen LogP contribution < -0.4 is 0 Å². The maximum absolute atomic E-state index is 13.8. The SMILES string of the molecule is O=C1[C@H]2[C@@H](C(=O)N1Cc1ccc(Cl)cc1)C1(O[C@H]2c2ccc(Cl)cc2)C(=O)c2ccccc2C1=O.